The van der Waals surface area contributed by atoms with Gasteiger partial charge >= 0.3 is 0 Å². The van der Waals surface area contributed by atoms with Crippen molar-refractivity contribution in [3.05, 3.63) is 29.0 Å². The zero-order chi connectivity index (χ0) is 12.5. The highest BCUT2D eigenvalue weighted by Gasteiger charge is 2.16. The SMILES string of the molecule is CC1CN(Cc2nc3ccc(Cl)cc3[nH]2)CCN1. The maximum absolute atomic E-state index is 5.97. The van der Waals surface area contributed by atoms with Crippen LogP contribution in [0.1, 0.15) is 12.7 Å². The molecule has 18 heavy (non-hydrogen) atoms. The van der Waals surface area contributed by atoms with Crippen LogP contribution in [-0.2, 0) is 6.54 Å². The smallest absolute Gasteiger partial charge is 0.121 e. The van der Waals surface area contributed by atoms with E-state index in [-0.39, 0.29) is 0 Å². The number of nitrogens with one attached hydrogen (secondary N) is 2. The fraction of sp³-hybridized carbons (Fsp3) is 0.462. The van der Waals surface area contributed by atoms with Crippen LogP contribution in [-0.4, -0.2) is 40.5 Å². The van der Waals surface area contributed by atoms with Gasteiger partial charge in [0.25, 0.3) is 0 Å². The van der Waals surface area contributed by atoms with E-state index >= 15 is 0 Å². The van der Waals surface area contributed by atoms with E-state index in [2.05, 4.69) is 27.1 Å². The number of fused-ring (bicyclic) bond motifs is 1. The molecule has 96 valence electrons. The average molecular weight is 265 g/mol. The number of benzene rings is 1. The van der Waals surface area contributed by atoms with Gasteiger partial charge < -0.3 is 10.3 Å². The molecule has 2 N–H and O–H groups in total. The first-order chi connectivity index (χ1) is 8.70. The molecule has 0 spiro atoms. The van der Waals surface area contributed by atoms with E-state index < -0.39 is 0 Å². The molecule has 0 saturated carbocycles. The molecule has 1 aromatic heterocycles. The van der Waals surface area contributed by atoms with Crippen molar-refractivity contribution in [2.75, 3.05) is 19.6 Å². The Labute approximate surface area is 111 Å². The molecule has 1 aliphatic rings. The predicted octanol–water partition coefficient (Wildman–Crippen LogP) is 2.01. The van der Waals surface area contributed by atoms with Crippen molar-refractivity contribution >= 4 is 22.6 Å². The normalized spacial score (nSPS) is 21.6. The lowest BCUT2D eigenvalue weighted by molar-refractivity contribution is 0.196. The Balaban J connectivity index is 1.78. The highest BCUT2D eigenvalue weighted by molar-refractivity contribution is 6.31. The monoisotopic (exact) mass is 264 g/mol. The lowest BCUT2D eigenvalue weighted by atomic mass is 10.2. The number of nitrogens with zero attached hydrogens (tertiary/aromatic N) is 2. The third kappa shape index (κ3) is 2.51. The number of aromatic amines is 1. The molecule has 0 radical (unpaired) electrons. The molecule has 1 unspecified atom stereocenters. The Bertz CT molecular complexity index is 551. The van der Waals surface area contributed by atoms with E-state index in [9.17, 15) is 0 Å². The minimum absolute atomic E-state index is 0.553. The third-order valence-corrected chi connectivity index (χ3v) is 3.55. The minimum Gasteiger partial charge on any atom is -0.341 e. The largest absolute Gasteiger partial charge is 0.341 e. The molecular formula is C13H17ClN4. The highest BCUT2D eigenvalue weighted by Crippen LogP contribution is 2.18. The van der Waals surface area contributed by atoms with E-state index in [1.165, 1.54) is 0 Å². The van der Waals surface area contributed by atoms with Gasteiger partial charge in [-0.15, -0.1) is 0 Å². The molecule has 2 aromatic rings. The van der Waals surface area contributed by atoms with Crippen molar-refractivity contribution in [1.82, 2.24) is 20.2 Å². The van der Waals surface area contributed by atoms with Crippen LogP contribution >= 0.6 is 11.6 Å². The molecule has 1 aromatic carbocycles. The molecular weight excluding hydrogens is 248 g/mol. The first kappa shape index (κ1) is 12.0. The summed E-state index contributed by atoms with van der Waals surface area (Å²) >= 11 is 5.97. The van der Waals surface area contributed by atoms with Gasteiger partial charge in [-0.2, -0.15) is 0 Å². The molecule has 3 rings (SSSR count). The van der Waals surface area contributed by atoms with Crippen molar-refractivity contribution in [3.8, 4) is 0 Å². The van der Waals surface area contributed by atoms with Gasteiger partial charge in [-0.05, 0) is 25.1 Å². The van der Waals surface area contributed by atoms with Crippen LogP contribution < -0.4 is 5.32 Å². The van der Waals surface area contributed by atoms with Gasteiger partial charge in [0.1, 0.15) is 5.82 Å². The summed E-state index contributed by atoms with van der Waals surface area (Å²) in [4.78, 5) is 10.4. The molecule has 5 heteroatoms. The molecule has 0 bridgehead atoms. The second-order valence-electron chi connectivity index (χ2n) is 4.94. The van der Waals surface area contributed by atoms with Crippen LogP contribution in [0.5, 0.6) is 0 Å². The third-order valence-electron chi connectivity index (χ3n) is 3.32. The Morgan fingerprint density at radius 3 is 3.22 bits per heavy atom. The number of halogens is 1. The number of hydrogen-bond donors (Lipinski definition) is 2. The zero-order valence-corrected chi connectivity index (χ0v) is 11.2. The average Bonchev–Trinajstić information content (AvgIpc) is 2.70. The van der Waals surface area contributed by atoms with Gasteiger partial charge in [0, 0.05) is 30.7 Å². The van der Waals surface area contributed by atoms with E-state index in [1.807, 2.05) is 18.2 Å². The molecule has 1 saturated heterocycles. The topological polar surface area (TPSA) is 44.0 Å². The van der Waals surface area contributed by atoms with Crippen LogP contribution in [0.25, 0.3) is 11.0 Å². The maximum atomic E-state index is 5.97. The van der Waals surface area contributed by atoms with Crippen molar-refractivity contribution in [2.24, 2.45) is 0 Å². The summed E-state index contributed by atoms with van der Waals surface area (Å²) < 4.78 is 0. The molecule has 1 atom stereocenters. The molecule has 4 nitrogen and oxygen atoms in total. The highest BCUT2D eigenvalue weighted by atomic mass is 35.5. The zero-order valence-electron chi connectivity index (χ0n) is 10.4. The quantitative estimate of drug-likeness (QED) is 0.872. The fourth-order valence-electron chi connectivity index (χ4n) is 2.48. The number of imidazole rings is 1. The van der Waals surface area contributed by atoms with E-state index in [0.717, 1.165) is 48.1 Å². The van der Waals surface area contributed by atoms with Gasteiger partial charge in [-0.25, -0.2) is 4.98 Å². The summed E-state index contributed by atoms with van der Waals surface area (Å²) in [6.45, 7) is 6.27. The van der Waals surface area contributed by atoms with Crippen LogP contribution in [0.3, 0.4) is 0 Å². The number of aromatic nitrogens is 2. The van der Waals surface area contributed by atoms with Crippen LogP contribution in [0.15, 0.2) is 18.2 Å². The van der Waals surface area contributed by atoms with E-state index in [1.54, 1.807) is 0 Å². The first-order valence-corrected chi connectivity index (χ1v) is 6.68. The summed E-state index contributed by atoms with van der Waals surface area (Å²) in [5.41, 5.74) is 2.00. The summed E-state index contributed by atoms with van der Waals surface area (Å²) in [5.74, 6) is 1.02. The molecule has 0 amide bonds. The van der Waals surface area contributed by atoms with Crippen LogP contribution in [0.2, 0.25) is 5.02 Å². The van der Waals surface area contributed by atoms with Crippen molar-refractivity contribution in [3.63, 3.8) is 0 Å². The van der Waals surface area contributed by atoms with Crippen LogP contribution in [0, 0.1) is 0 Å². The lowest BCUT2D eigenvalue weighted by Gasteiger charge is -2.31. The number of rotatable bonds is 2. The van der Waals surface area contributed by atoms with Gasteiger partial charge in [0.15, 0.2) is 0 Å². The van der Waals surface area contributed by atoms with E-state index in [4.69, 9.17) is 11.6 Å². The summed E-state index contributed by atoms with van der Waals surface area (Å²) in [6, 6.07) is 6.31. The summed E-state index contributed by atoms with van der Waals surface area (Å²) in [5, 5.41) is 4.19. The van der Waals surface area contributed by atoms with E-state index in [0.29, 0.717) is 6.04 Å². The van der Waals surface area contributed by atoms with Gasteiger partial charge in [-0.3, -0.25) is 4.90 Å². The molecule has 2 heterocycles. The number of H-pyrrole nitrogens is 1. The number of piperazine rings is 1. The van der Waals surface area contributed by atoms with Gasteiger partial charge in [-0.1, -0.05) is 11.6 Å². The Kier molecular flexibility index (Phi) is 3.24. The second-order valence-corrected chi connectivity index (χ2v) is 5.37. The summed E-state index contributed by atoms with van der Waals surface area (Å²) in [7, 11) is 0. The van der Waals surface area contributed by atoms with Gasteiger partial charge in [0.05, 0.1) is 17.6 Å². The lowest BCUT2D eigenvalue weighted by Crippen LogP contribution is -2.48. The van der Waals surface area contributed by atoms with Crippen molar-refractivity contribution in [1.29, 1.82) is 0 Å². The van der Waals surface area contributed by atoms with Crippen LogP contribution in [0.4, 0.5) is 0 Å². The van der Waals surface area contributed by atoms with Gasteiger partial charge in [0.2, 0.25) is 0 Å². The Morgan fingerprint density at radius 2 is 2.39 bits per heavy atom. The summed E-state index contributed by atoms with van der Waals surface area (Å²) in [6.07, 6.45) is 0. The maximum Gasteiger partial charge on any atom is 0.121 e. The van der Waals surface area contributed by atoms with Crippen molar-refractivity contribution < 1.29 is 0 Å². The van der Waals surface area contributed by atoms with Crippen molar-refractivity contribution in [2.45, 2.75) is 19.5 Å². The standard InChI is InChI=1S/C13H17ClN4/c1-9-7-18(5-4-15-9)8-13-16-11-3-2-10(14)6-12(11)17-13/h2-3,6,9,15H,4-5,7-8H2,1H3,(H,16,17). The molecule has 1 fully saturated rings. The molecule has 1 aliphatic heterocycles. The Hall–Kier alpha value is -1.10. The second kappa shape index (κ2) is 4.88. The number of hydrogen-bond acceptors (Lipinski definition) is 3. The first-order valence-electron chi connectivity index (χ1n) is 6.30. The Morgan fingerprint density at radius 1 is 1.50 bits per heavy atom. The predicted molar refractivity (Wildman–Crippen MR) is 73.8 cm³/mol. The molecule has 0 aliphatic carbocycles. The minimum atomic E-state index is 0.553. The fourth-order valence-corrected chi connectivity index (χ4v) is 2.65.